The van der Waals surface area contributed by atoms with E-state index in [1.165, 1.54) is 10.4 Å². The Morgan fingerprint density at radius 1 is 1.35 bits per heavy atom. The van der Waals surface area contributed by atoms with Gasteiger partial charge in [-0.15, -0.1) is 0 Å². The van der Waals surface area contributed by atoms with Crippen LogP contribution in [0.25, 0.3) is 0 Å². The summed E-state index contributed by atoms with van der Waals surface area (Å²) in [6.07, 6.45) is 1.02. The second kappa shape index (κ2) is 9.06. The second-order valence-electron chi connectivity index (χ2n) is 6.84. The number of carbonyl (C=O) groups is 1. The Bertz CT molecular complexity index is 729. The first-order valence-electron chi connectivity index (χ1n) is 8.96. The van der Waals surface area contributed by atoms with Crippen LogP contribution in [0, 0.1) is 11.8 Å². The fourth-order valence-corrected chi connectivity index (χ4v) is 4.77. The van der Waals surface area contributed by atoms with E-state index in [0.29, 0.717) is 55.8 Å². The van der Waals surface area contributed by atoms with Crippen molar-refractivity contribution in [3.63, 3.8) is 0 Å². The van der Waals surface area contributed by atoms with E-state index in [0.717, 1.165) is 0 Å². The van der Waals surface area contributed by atoms with Crippen LogP contribution in [0.1, 0.15) is 33.6 Å². The van der Waals surface area contributed by atoms with E-state index in [1.54, 1.807) is 19.1 Å². The molecule has 1 amide bonds. The molecule has 0 aliphatic carbocycles. The molecule has 2 rings (SSSR count). The summed E-state index contributed by atoms with van der Waals surface area (Å²) in [4.78, 5) is 12.3. The molecule has 1 saturated heterocycles. The minimum Gasteiger partial charge on any atom is -0.492 e. The van der Waals surface area contributed by atoms with Gasteiger partial charge in [0.25, 0.3) is 0 Å². The molecule has 0 aromatic heterocycles. The van der Waals surface area contributed by atoms with Crippen LogP contribution in [0.4, 0.5) is 0 Å². The number of rotatable bonds is 7. The molecule has 0 spiro atoms. The maximum atomic E-state index is 13.0. The van der Waals surface area contributed by atoms with Gasteiger partial charge < -0.3 is 10.1 Å². The normalized spacial score (nSPS) is 16.7. The molecule has 1 aliphatic rings. The molecule has 0 atom stereocenters. The molecule has 1 fully saturated rings. The lowest BCUT2D eigenvalue weighted by Crippen LogP contribution is -2.43. The maximum absolute atomic E-state index is 13.0. The van der Waals surface area contributed by atoms with E-state index >= 15 is 0 Å². The molecule has 1 aromatic carbocycles. The topological polar surface area (TPSA) is 75.7 Å². The fourth-order valence-electron chi connectivity index (χ4n) is 2.90. The summed E-state index contributed by atoms with van der Waals surface area (Å²) in [5.74, 6) is 0.548. The van der Waals surface area contributed by atoms with Gasteiger partial charge in [0.05, 0.1) is 6.61 Å². The average Bonchev–Trinajstić information content (AvgIpc) is 2.61. The van der Waals surface area contributed by atoms with Crippen LogP contribution < -0.4 is 10.1 Å². The van der Waals surface area contributed by atoms with E-state index in [-0.39, 0.29) is 16.7 Å². The lowest BCUT2D eigenvalue weighted by atomic mass is 9.97. The van der Waals surface area contributed by atoms with Gasteiger partial charge >= 0.3 is 0 Å². The summed E-state index contributed by atoms with van der Waals surface area (Å²) < 4.78 is 32.9. The van der Waals surface area contributed by atoms with Crippen molar-refractivity contribution in [2.45, 2.75) is 38.5 Å². The van der Waals surface area contributed by atoms with Crippen molar-refractivity contribution in [2.24, 2.45) is 11.8 Å². The molecule has 0 bridgehead atoms. The number of piperidine rings is 1. The molecule has 0 unspecified atom stereocenters. The number of carbonyl (C=O) groups excluding carboxylic acids is 1. The molecule has 1 heterocycles. The van der Waals surface area contributed by atoms with E-state index in [1.807, 2.05) is 13.8 Å². The zero-order valence-electron chi connectivity index (χ0n) is 15.5. The fraction of sp³-hybridized carbons (Fsp3) is 0.611. The summed E-state index contributed by atoms with van der Waals surface area (Å²) in [5.41, 5.74) is 0. The van der Waals surface area contributed by atoms with E-state index in [4.69, 9.17) is 16.3 Å². The van der Waals surface area contributed by atoms with Crippen molar-refractivity contribution in [3.8, 4) is 5.75 Å². The quantitative estimate of drug-likeness (QED) is 0.760. The third-order valence-corrected chi connectivity index (χ3v) is 6.49. The largest absolute Gasteiger partial charge is 0.492 e. The van der Waals surface area contributed by atoms with Gasteiger partial charge in [-0.2, -0.15) is 4.31 Å². The van der Waals surface area contributed by atoms with Crippen molar-refractivity contribution in [1.29, 1.82) is 0 Å². The molecule has 1 N–H and O–H groups in total. The Labute approximate surface area is 160 Å². The van der Waals surface area contributed by atoms with Crippen LogP contribution in [0.3, 0.4) is 0 Å². The minimum atomic E-state index is -3.72. The smallest absolute Gasteiger partial charge is 0.246 e. The number of amides is 1. The van der Waals surface area contributed by atoms with Crippen molar-refractivity contribution in [1.82, 2.24) is 9.62 Å². The SMILES string of the molecule is CCOc1ccc(Cl)cc1S(=O)(=O)N1CCC(C(=O)NCC(C)C)CC1. The Morgan fingerprint density at radius 3 is 2.58 bits per heavy atom. The molecule has 0 radical (unpaired) electrons. The standard InChI is InChI=1S/C18H27ClN2O4S/c1-4-25-16-6-5-15(19)11-17(16)26(23,24)21-9-7-14(8-10-21)18(22)20-12-13(2)3/h5-6,11,13-14H,4,7-10,12H2,1-3H3,(H,20,22). The van der Waals surface area contributed by atoms with Crippen LogP contribution in [-0.4, -0.2) is 44.9 Å². The molecule has 6 nitrogen and oxygen atoms in total. The molecule has 1 aliphatic heterocycles. The number of nitrogens with one attached hydrogen (secondary N) is 1. The van der Waals surface area contributed by atoms with Gasteiger partial charge in [-0.1, -0.05) is 25.4 Å². The summed E-state index contributed by atoms with van der Waals surface area (Å²) in [6.45, 7) is 7.49. The average molecular weight is 403 g/mol. The highest BCUT2D eigenvalue weighted by atomic mass is 35.5. The van der Waals surface area contributed by atoms with Gasteiger partial charge in [0, 0.05) is 30.6 Å². The number of nitrogens with zero attached hydrogens (tertiary/aromatic N) is 1. The second-order valence-corrected chi connectivity index (χ2v) is 9.18. The number of ether oxygens (including phenoxy) is 1. The molecule has 146 valence electrons. The van der Waals surface area contributed by atoms with Crippen molar-refractivity contribution < 1.29 is 17.9 Å². The highest BCUT2D eigenvalue weighted by Crippen LogP contribution is 2.32. The van der Waals surface area contributed by atoms with Gasteiger partial charge in [-0.3, -0.25) is 4.79 Å². The van der Waals surface area contributed by atoms with Crippen LogP contribution >= 0.6 is 11.6 Å². The lowest BCUT2D eigenvalue weighted by Gasteiger charge is -2.31. The zero-order chi connectivity index (χ0) is 19.3. The third-order valence-electron chi connectivity index (χ3n) is 4.33. The number of benzene rings is 1. The number of hydrogen-bond donors (Lipinski definition) is 1. The van der Waals surface area contributed by atoms with Crippen LogP contribution in [-0.2, 0) is 14.8 Å². The lowest BCUT2D eigenvalue weighted by molar-refractivity contribution is -0.126. The van der Waals surface area contributed by atoms with Crippen LogP contribution in [0.5, 0.6) is 5.75 Å². The first-order valence-corrected chi connectivity index (χ1v) is 10.8. The highest BCUT2D eigenvalue weighted by molar-refractivity contribution is 7.89. The molecule has 0 saturated carbocycles. The number of hydrogen-bond acceptors (Lipinski definition) is 4. The van der Waals surface area contributed by atoms with E-state index in [9.17, 15) is 13.2 Å². The van der Waals surface area contributed by atoms with Gasteiger partial charge in [0.2, 0.25) is 15.9 Å². The van der Waals surface area contributed by atoms with Crippen molar-refractivity contribution in [3.05, 3.63) is 23.2 Å². The maximum Gasteiger partial charge on any atom is 0.246 e. The molecule has 1 aromatic rings. The summed E-state index contributed by atoms with van der Waals surface area (Å²) in [7, 11) is -3.72. The predicted octanol–water partition coefficient (Wildman–Crippen LogP) is 2.91. The van der Waals surface area contributed by atoms with Crippen molar-refractivity contribution >= 4 is 27.5 Å². The third kappa shape index (κ3) is 5.11. The number of halogens is 1. The Balaban J connectivity index is 2.09. The van der Waals surface area contributed by atoms with E-state index in [2.05, 4.69) is 5.32 Å². The van der Waals surface area contributed by atoms with Gasteiger partial charge in [0.15, 0.2) is 0 Å². The Hall–Kier alpha value is -1.31. The molecule has 8 heteroatoms. The summed E-state index contributed by atoms with van der Waals surface area (Å²) in [6, 6.07) is 4.60. The predicted molar refractivity (Wildman–Crippen MR) is 102 cm³/mol. The summed E-state index contributed by atoms with van der Waals surface area (Å²) >= 11 is 6.00. The molecular formula is C18H27ClN2O4S. The highest BCUT2D eigenvalue weighted by Gasteiger charge is 2.33. The monoisotopic (exact) mass is 402 g/mol. The molecule has 26 heavy (non-hydrogen) atoms. The first-order chi connectivity index (χ1) is 12.3. The van der Waals surface area contributed by atoms with Gasteiger partial charge in [-0.05, 0) is 43.9 Å². The minimum absolute atomic E-state index is 0.00788. The molecular weight excluding hydrogens is 376 g/mol. The van der Waals surface area contributed by atoms with Crippen molar-refractivity contribution in [2.75, 3.05) is 26.2 Å². The Morgan fingerprint density at radius 2 is 2.00 bits per heavy atom. The van der Waals surface area contributed by atoms with Crippen LogP contribution in [0.15, 0.2) is 23.1 Å². The Kier molecular flexibility index (Phi) is 7.32. The van der Waals surface area contributed by atoms with Crippen LogP contribution in [0.2, 0.25) is 5.02 Å². The number of sulfonamides is 1. The van der Waals surface area contributed by atoms with E-state index < -0.39 is 10.0 Å². The first kappa shape index (κ1) is 21.0. The van der Waals surface area contributed by atoms with Gasteiger partial charge in [-0.25, -0.2) is 8.42 Å². The zero-order valence-corrected chi connectivity index (χ0v) is 17.1. The summed E-state index contributed by atoms with van der Waals surface area (Å²) in [5, 5.41) is 3.27. The van der Waals surface area contributed by atoms with Gasteiger partial charge in [0.1, 0.15) is 10.6 Å².